The van der Waals surface area contributed by atoms with Crippen molar-refractivity contribution in [3.8, 4) is 0 Å². The average molecular weight is 246 g/mol. The standard InChI is InChI=1S/C13H18N4O/c1-16(7-12-5-3-2-4-6-12)8-13(18)9-17-10-14-15-11-17/h2-6,10-11,13,18H,7-9H2,1H3/t13-/m0/s1. The van der Waals surface area contributed by atoms with E-state index in [2.05, 4.69) is 27.2 Å². The van der Waals surface area contributed by atoms with Crippen LogP contribution in [0.25, 0.3) is 0 Å². The van der Waals surface area contributed by atoms with Crippen LogP contribution in [0, 0.1) is 0 Å². The third-order valence-corrected chi connectivity index (χ3v) is 2.71. The van der Waals surface area contributed by atoms with Gasteiger partial charge in [0.05, 0.1) is 12.6 Å². The summed E-state index contributed by atoms with van der Waals surface area (Å²) in [5.74, 6) is 0. The van der Waals surface area contributed by atoms with Crippen LogP contribution in [-0.4, -0.2) is 44.5 Å². The molecule has 0 spiro atoms. The van der Waals surface area contributed by atoms with Crippen LogP contribution in [0.2, 0.25) is 0 Å². The lowest BCUT2D eigenvalue weighted by atomic mass is 10.2. The minimum absolute atomic E-state index is 0.422. The molecule has 5 nitrogen and oxygen atoms in total. The molecule has 0 saturated carbocycles. The molecule has 1 N–H and O–H groups in total. The normalized spacial score (nSPS) is 12.8. The SMILES string of the molecule is CN(Cc1ccccc1)C[C@H](O)Cn1cnnc1. The Labute approximate surface area is 107 Å². The van der Waals surface area contributed by atoms with E-state index in [4.69, 9.17) is 0 Å². The van der Waals surface area contributed by atoms with Gasteiger partial charge in [-0.1, -0.05) is 30.3 Å². The number of rotatable bonds is 6. The van der Waals surface area contributed by atoms with Crippen LogP contribution in [0.3, 0.4) is 0 Å². The molecule has 0 saturated heterocycles. The largest absolute Gasteiger partial charge is 0.390 e. The summed E-state index contributed by atoms with van der Waals surface area (Å²) in [5, 5.41) is 17.4. The zero-order valence-corrected chi connectivity index (χ0v) is 10.5. The molecule has 1 atom stereocenters. The van der Waals surface area contributed by atoms with E-state index in [9.17, 15) is 5.11 Å². The Kier molecular flexibility index (Phi) is 4.44. The fourth-order valence-electron chi connectivity index (χ4n) is 1.94. The summed E-state index contributed by atoms with van der Waals surface area (Å²) in [5.41, 5.74) is 1.25. The molecule has 0 fully saturated rings. The molecule has 0 radical (unpaired) electrons. The van der Waals surface area contributed by atoms with E-state index in [1.807, 2.05) is 25.2 Å². The van der Waals surface area contributed by atoms with Crippen molar-refractivity contribution >= 4 is 0 Å². The summed E-state index contributed by atoms with van der Waals surface area (Å²) >= 11 is 0. The lowest BCUT2D eigenvalue weighted by Crippen LogP contribution is -2.31. The maximum Gasteiger partial charge on any atom is 0.119 e. The molecule has 0 unspecified atom stereocenters. The van der Waals surface area contributed by atoms with E-state index in [-0.39, 0.29) is 0 Å². The number of benzene rings is 1. The first kappa shape index (κ1) is 12.7. The number of aliphatic hydroxyl groups excluding tert-OH is 1. The maximum absolute atomic E-state index is 9.95. The van der Waals surface area contributed by atoms with Gasteiger partial charge in [0.2, 0.25) is 0 Å². The molecule has 2 aromatic rings. The fraction of sp³-hybridized carbons (Fsp3) is 0.385. The summed E-state index contributed by atoms with van der Waals surface area (Å²) < 4.78 is 1.78. The Hall–Kier alpha value is -1.72. The summed E-state index contributed by atoms with van der Waals surface area (Å²) in [6.45, 7) is 1.97. The lowest BCUT2D eigenvalue weighted by molar-refractivity contribution is 0.107. The third-order valence-electron chi connectivity index (χ3n) is 2.71. The number of nitrogens with zero attached hydrogens (tertiary/aromatic N) is 4. The van der Waals surface area contributed by atoms with Crippen molar-refractivity contribution in [2.45, 2.75) is 19.2 Å². The van der Waals surface area contributed by atoms with Crippen LogP contribution >= 0.6 is 0 Å². The molecule has 5 heteroatoms. The smallest absolute Gasteiger partial charge is 0.119 e. The molecule has 0 aliphatic carbocycles. The van der Waals surface area contributed by atoms with Crippen molar-refractivity contribution in [3.63, 3.8) is 0 Å². The van der Waals surface area contributed by atoms with E-state index in [0.29, 0.717) is 13.1 Å². The minimum Gasteiger partial charge on any atom is -0.390 e. The summed E-state index contributed by atoms with van der Waals surface area (Å²) in [6.07, 6.45) is 2.80. The Morgan fingerprint density at radius 1 is 1.22 bits per heavy atom. The predicted molar refractivity (Wildman–Crippen MR) is 68.8 cm³/mol. The van der Waals surface area contributed by atoms with Crippen LogP contribution in [0.1, 0.15) is 5.56 Å². The molecule has 0 aliphatic rings. The van der Waals surface area contributed by atoms with Gasteiger partial charge in [-0.25, -0.2) is 0 Å². The quantitative estimate of drug-likeness (QED) is 0.818. The van der Waals surface area contributed by atoms with Gasteiger partial charge in [0.15, 0.2) is 0 Å². The fourth-order valence-corrected chi connectivity index (χ4v) is 1.94. The maximum atomic E-state index is 9.95. The highest BCUT2D eigenvalue weighted by atomic mass is 16.3. The second-order valence-corrected chi connectivity index (χ2v) is 4.49. The minimum atomic E-state index is -0.422. The highest BCUT2D eigenvalue weighted by molar-refractivity contribution is 5.14. The molecule has 1 aromatic heterocycles. The van der Waals surface area contributed by atoms with E-state index in [0.717, 1.165) is 6.54 Å². The zero-order chi connectivity index (χ0) is 12.8. The topological polar surface area (TPSA) is 54.2 Å². The Balaban J connectivity index is 1.78. The van der Waals surface area contributed by atoms with Gasteiger partial charge in [-0.05, 0) is 12.6 Å². The van der Waals surface area contributed by atoms with E-state index in [1.165, 1.54) is 5.56 Å². The highest BCUT2D eigenvalue weighted by Crippen LogP contribution is 2.03. The first-order valence-corrected chi connectivity index (χ1v) is 5.97. The monoisotopic (exact) mass is 246 g/mol. The molecule has 96 valence electrons. The van der Waals surface area contributed by atoms with Crippen molar-refractivity contribution in [1.29, 1.82) is 0 Å². The van der Waals surface area contributed by atoms with Crippen LogP contribution in [0.5, 0.6) is 0 Å². The zero-order valence-electron chi connectivity index (χ0n) is 10.5. The highest BCUT2D eigenvalue weighted by Gasteiger charge is 2.09. The van der Waals surface area contributed by atoms with Gasteiger partial charge in [0, 0.05) is 13.1 Å². The second-order valence-electron chi connectivity index (χ2n) is 4.49. The number of aromatic nitrogens is 3. The van der Waals surface area contributed by atoms with E-state index in [1.54, 1.807) is 17.2 Å². The lowest BCUT2D eigenvalue weighted by Gasteiger charge is -2.20. The van der Waals surface area contributed by atoms with Crippen molar-refractivity contribution in [3.05, 3.63) is 48.5 Å². The number of aliphatic hydroxyl groups is 1. The average Bonchev–Trinajstić information content (AvgIpc) is 2.82. The van der Waals surface area contributed by atoms with Gasteiger partial charge in [-0.15, -0.1) is 10.2 Å². The molecule has 0 amide bonds. The van der Waals surface area contributed by atoms with E-state index >= 15 is 0 Å². The molecule has 0 bridgehead atoms. The number of hydrogen-bond donors (Lipinski definition) is 1. The number of hydrogen-bond acceptors (Lipinski definition) is 4. The van der Waals surface area contributed by atoms with Crippen LogP contribution < -0.4 is 0 Å². The Bertz CT molecular complexity index is 443. The van der Waals surface area contributed by atoms with Gasteiger partial charge >= 0.3 is 0 Å². The van der Waals surface area contributed by atoms with Crippen molar-refractivity contribution in [2.75, 3.05) is 13.6 Å². The molecular formula is C13H18N4O. The third kappa shape index (κ3) is 3.94. The number of likely N-dealkylation sites (N-methyl/N-ethyl adjacent to an activating group) is 1. The Morgan fingerprint density at radius 2 is 1.89 bits per heavy atom. The van der Waals surface area contributed by atoms with E-state index < -0.39 is 6.10 Å². The van der Waals surface area contributed by atoms with Gasteiger partial charge in [0.25, 0.3) is 0 Å². The molecule has 1 aromatic carbocycles. The molecule has 0 aliphatic heterocycles. The second kappa shape index (κ2) is 6.28. The predicted octanol–water partition coefficient (Wildman–Crippen LogP) is 0.771. The van der Waals surface area contributed by atoms with Crippen molar-refractivity contribution in [1.82, 2.24) is 19.7 Å². The van der Waals surface area contributed by atoms with Crippen molar-refractivity contribution < 1.29 is 5.11 Å². The van der Waals surface area contributed by atoms with Gasteiger partial charge in [-0.3, -0.25) is 4.90 Å². The van der Waals surface area contributed by atoms with Gasteiger partial charge in [-0.2, -0.15) is 0 Å². The van der Waals surface area contributed by atoms with Crippen LogP contribution in [0.15, 0.2) is 43.0 Å². The van der Waals surface area contributed by atoms with Crippen LogP contribution in [-0.2, 0) is 13.1 Å². The summed E-state index contributed by atoms with van der Waals surface area (Å²) in [7, 11) is 2.00. The van der Waals surface area contributed by atoms with Crippen LogP contribution in [0.4, 0.5) is 0 Å². The first-order chi connectivity index (χ1) is 8.74. The summed E-state index contributed by atoms with van der Waals surface area (Å²) in [6, 6.07) is 10.2. The molecule has 18 heavy (non-hydrogen) atoms. The first-order valence-electron chi connectivity index (χ1n) is 5.97. The van der Waals surface area contributed by atoms with Gasteiger partial charge in [0.1, 0.15) is 12.7 Å². The van der Waals surface area contributed by atoms with Crippen molar-refractivity contribution in [2.24, 2.45) is 0 Å². The molecule has 2 rings (SSSR count). The van der Waals surface area contributed by atoms with Gasteiger partial charge < -0.3 is 9.67 Å². The summed E-state index contributed by atoms with van der Waals surface area (Å²) in [4.78, 5) is 2.10. The molecule has 1 heterocycles. The molecular weight excluding hydrogens is 228 g/mol. The Morgan fingerprint density at radius 3 is 2.56 bits per heavy atom.